The summed E-state index contributed by atoms with van der Waals surface area (Å²) in [5, 5.41) is 0. The summed E-state index contributed by atoms with van der Waals surface area (Å²) in [6, 6.07) is 11.9. The lowest BCUT2D eigenvalue weighted by Gasteiger charge is -2.13. The van der Waals surface area contributed by atoms with E-state index in [1.54, 1.807) is 0 Å². The minimum absolute atomic E-state index is 0.521. The minimum Gasteiger partial charge on any atom is -0.386 e. The lowest BCUT2D eigenvalue weighted by Crippen LogP contribution is -2.17. The average molecular weight is 395 g/mol. The van der Waals surface area contributed by atoms with Crippen LogP contribution in [0.3, 0.4) is 0 Å². The van der Waals surface area contributed by atoms with Gasteiger partial charge in [-0.05, 0) is 60.1 Å². The third-order valence-electron chi connectivity index (χ3n) is 5.09. The molecule has 0 N–H and O–H groups in total. The molecule has 0 aliphatic rings. The normalized spacial score (nSPS) is 10.8. The number of benzene rings is 2. The van der Waals surface area contributed by atoms with Crippen LogP contribution >= 0.6 is 0 Å². The molecule has 0 aliphatic heterocycles. The zero-order chi connectivity index (χ0) is 21.2. The van der Waals surface area contributed by atoms with Crippen LogP contribution in [0.4, 0.5) is 0 Å². The molecule has 3 heteroatoms. The Balaban J connectivity index is 2.31. The van der Waals surface area contributed by atoms with Crippen molar-refractivity contribution >= 4 is 11.9 Å². The third-order valence-corrected chi connectivity index (χ3v) is 5.09. The maximum atomic E-state index is 12.9. The van der Waals surface area contributed by atoms with Gasteiger partial charge in [-0.25, -0.2) is 9.59 Å². The number of aryl methyl sites for hydroxylation is 4. The fourth-order valence-electron chi connectivity index (χ4n) is 3.68. The standard InChI is InChI=1S/C26H34O3/c1-5-9-19-13-15-21(11-7-3)23(17-19)25(27)29-26(28)24-18-20(10-6-2)14-16-22(24)12-8-4/h13-18H,5-12H2,1-4H3. The van der Waals surface area contributed by atoms with Crippen LogP contribution in [0, 0.1) is 0 Å². The maximum absolute atomic E-state index is 12.9. The summed E-state index contributed by atoms with van der Waals surface area (Å²) in [4.78, 5) is 25.8. The highest BCUT2D eigenvalue weighted by atomic mass is 16.6. The van der Waals surface area contributed by atoms with E-state index in [9.17, 15) is 9.59 Å². The Hall–Kier alpha value is -2.42. The zero-order valence-electron chi connectivity index (χ0n) is 18.3. The molecule has 0 unspecified atom stereocenters. The molecular weight excluding hydrogens is 360 g/mol. The molecule has 2 rings (SSSR count). The monoisotopic (exact) mass is 394 g/mol. The van der Waals surface area contributed by atoms with Crippen LogP contribution in [-0.2, 0) is 30.4 Å². The summed E-state index contributed by atoms with van der Waals surface area (Å²) in [7, 11) is 0. The van der Waals surface area contributed by atoms with Crippen molar-refractivity contribution in [3.05, 3.63) is 69.8 Å². The number of esters is 2. The van der Waals surface area contributed by atoms with Crippen molar-refractivity contribution in [2.45, 2.75) is 79.1 Å². The molecule has 29 heavy (non-hydrogen) atoms. The van der Waals surface area contributed by atoms with E-state index in [0.29, 0.717) is 11.1 Å². The van der Waals surface area contributed by atoms with Crippen LogP contribution in [0.2, 0.25) is 0 Å². The van der Waals surface area contributed by atoms with E-state index in [-0.39, 0.29) is 0 Å². The maximum Gasteiger partial charge on any atom is 0.346 e. The van der Waals surface area contributed by atoms with Gasteiger partial charge in [0.25, 0.3) is 0 Å². The predicted octanol–water partition coefficient (Wildman–Crippen LogP) is 6.49. The number of hydrogen-bond acceptors (Lipinski definition) is 3. The van der Waals surface area contributed by atoms with Crippen molar-refractivity contribution in [3.8, 4) is 0 Å². The van der Waals surface area contributed by atoms with Crippen molar-refractivity contribution in [2.24, 2.45) is 0 Å². The van der Waals surface area contributed by atoms with Crippen molar-refractivity contribution in [1.82, 2.24) is 0 Å². The lowest BCUT2D eigenvalue weighted by molar-refractivity contribution is 0.0396. The number of hydrogen-bond donors (Lipinski definition) is 0. The summed E-state index contributed by atoms with van der Waals surface area (Å²) >= 11 is 0. The first-order valence-electron chi connectivity index (χ1n) is 11.0. The van der Waals surface area contributed by atoms with Crippen molar-refractivity contribution in [2.75, 3.05) is 0 Å². The summed E-state index contributed by atoms with van der Waals surface area (Å²) in [5.41, 5.74) is 5.13. The molecule has 0 aromatic heterocycles. The number of carbonyl (C=O) groups is 2. The van der Waals surface area contributed by atoms with Crippen LogP contribution < -0.4 is 0 Å². The molecule has 156 valence electrons. The Bertz CT molecular complexity index is 766. The van der Waals surface area contributed by atoms with Gasteiger partial charge < -0.3 is 4.74 Å². The Morgan fingerprint density at radius 1 is 0.621 bits per heavy atom. The Morgan fingerprint density at radius 2 is 1.00 bits per heavy atom. The van der Waals surface area contributed by atoms with Crippen molar-refractivity contribution in [3.63, 3.8) is 0 Å². The smallest absolute Gasteiger partial charge is 0.346 e. The largest absolute Gasteiger partial charge is 0.386 e. The topological polar surface area (TPSA) is 43.4 Å². The molecule has 0 heterocycles. The average Bonchev–Trinajstić information content (AvgIpc) is 2.71. The molecule has 0 amide bonds. The van der Waals surface area contributed by atoms with Crippen LogP contribution in [0.25, 0.3) is 0 Å². The first kappa shape index (κ1) is 22.9. The highest BCUT2D eigenvalue weighted by molar-refractivity contribution is 6.04. The first-order chi connectivity index (χ1) is 14.0. The quantitative estimate of drug-likeness (QED) is 0.341. The van der Waals surface area contributed by atoms with Gasteiger partial charge in [0.1, 0.15) is 0 Å². The van der Waals surface area contributed by atoms with Gasteiger partial charge in [-0.1, -0.05) is 77.6 Å². The second-order valence-corrected chi connectivity index (χ2v) is 7.66. The molecule has 0 bridgehead atoms. The highest BCUT2D eigenvalue weighted by Gasteiger charge is 2.21. The van der Waals surface area contributed by atoms with Gasteiger partial charge in [0.2, 0.25) is 0 Å². The zero-order valence-corrected chi connectivity index (χ0v) is 18.3. The number of rotatable bonds is 10. The molecule has 0 saturated carbocycles. The molecule has 0 saturated heterocycles. The lowest BCUT2D eigenvalue weighted by atomic mass is 9.98. The molecule has 0 spiro atoms. The third kappa shape index (κ3) is 6.28. The molecule has 0 aliphatic carbocycles. The van der Waals surface area contributed by atoms with E-state index >= 15 is 0 Å². The van der Waals surface area contributed by atoms with Gasteiger partial charge in [0, 0.05) is 0 Å². The van der Waals surface area contributed by atoms with Gasteiger partial charge in [0.15, 0.2) is 0 Å². The van der Waals surface area contributed by atoms with Crippen LogP contribution in [0.1, 0.15) is 96.3 Å². The van der Waals surface area contributed by atoms with E-state index in [2.05, 4.69) is 39.8 Å². The second-order valence-electron chi connectivity index (χ2n) is 7.66. The SMILES string of the molecule is CCCc1ccc(CCC)c(C(=O)OC(=O)c2cc(CCC)ccc2CCC)c1. The highest BCUT2D eigenvalue weighted by Crippen LogP contribution is 2.20. The summed E-state index contributed by atoms with van der Waals surface area (Å²) in [5.74, 6) is -1.08. The molecular formula is C26H34O3. The van der Waals surface area contributed by atoms with Gasteiger partial charge in [-0.15, -0.1) is 0 Å². The Kier molecular flexibility index (Phi) is 9.11. The Morgan fingerprint density at radius 3 is 1.34 bits per heavy atom. The predicted molar refractivity (Wildman–Crippen MR) is 119 cm³/mol. The van der Waals surface area contributed by atoms with E-state index in [1.807, 2.05) is 24.3 Å². The number of ether oxygens (including phenoxy) is 1. The van der Waals surface area contributed by atoms with E-state index in [4.69, 9.17) is 4.74 Å². The molecule has 0 fully saturated rings. The van der Waals surface area contributed by atoms with Crippen LogP contribution in [-0.4, -0.2) is 11.9 Å². The second kappa shape index (κ2) is 11.5. The van der Waals surface area contributed by atoms with Crippen molar-refractivity contribution < 1.29 is 14.3 Å². The minimum atomic E-state index is -0.542. The van der Waals surface area contributed by atoms with Gasteiger partial charge >= 0.3 is 11.9 Å². The fraction of sp³-hybridized carbons (Fsp3) is 0.462. The van der Waals surface area contributed by atoms with E-state index in [1.165, 1.54) is 0 Å². The van der Waals surface area contributed by atoms with Crippen molar-refractivity contribution in [1.29, 1.82) is 0 Å². The van der Waals surface area contributed by atoms with Gasteiger partial charge in [-0.2, -0.15) is 0 Å². The molecule has 0 atom stereocenters. The van der Waals surface area contributed by atoms with E-state index in [0.717, 1.165) is 73.6 Å². The van der Waals surface area contributed by atoms with Crippen LogP contribution in [0.5, 0.6) is 0 Å². The van der Waals surface area contributed by atoms with Crippen LogP contribution in [0.15, 0.2) is 36.4 Å². The molecule has 2 aromatic rings. The summed E-state index contributed by atoms with van der Waals surface area (Å²) in [6.07, 6.45) is 7.26. The molecule has 2 aromatic carbocycles. The fourth-order valence-corrected chi connectivity index (χ4v) is 3.68. The molecule has 3 nitrogen and oxygen atoms in total. The Labute approximate surface area is 175 Å². The van der Waals surface area contributed by atoms with Gasteiger partial charge in [-0.3, -0.25) is 0 Å². The summed E-state index contributed by atoms with van der Waals surface area (Å²) < 4.78 is 5.38. The summed E-state index contributed by atoms with van der Waals surface area (Å²) in [6.45, 7) is 8.38. The first-order valence-corrected chi connectivity index (χ1v) is 11.0. The number of carbonyl (C=O) groups excluding carboxylic acids is 2. The van der Waals surface area contributed by atoms with Gasteiger partial charge in [0.05, 0.1) is 11.1 Å². The molecule has 0 radical (unpaired) electrons. The van der Waals surface area contributed by atoms with E-state index < -0.39 is 11.9 Å².